The second-order valence-electron chi connectivity index (χ2n) is 21.5. The number of hydrogen-bond acceptors (Lipinski definition) is 4. The highest BCUT2D eigenvalue weighted by Gasteiger charge is 2.31. The van der Waals surface area contributed by atoms with E-state index in [1.54, 1.807) is 0 Å². The molecule has 0 saturated heterocycles. The molecule has 0 aliphatic carbocycles. The van der Waals surface area contributed by atoms with Gasteiger partial charge in [0.1, 0.15) is 17.3 Å². The average Bonchev–Trinajstić information content (AvgIpc) is 3.88. The summed E-state index contributed by atoms with van der Waals surface area (Å²) in [4.78, 5) is 9.93. The molecule has 66 heavy (non-hydrogen) atoms. The fraction of sp³-hybridized carbons (Fsp3) is 0.295. The van der Waals surface area contributed by atoms with Crippen LogP contribution >= 0.6 is 0 Å². The zero-order valence-electron chi connectivity index (χ0n) is 41.1. The van der Waals surface area contributed by atoms with Gasteiger partial charge < -0.3 is 14.5 Å². The van der Waals surface area contributed by atoms with Gasteiger partial charge in [-0.15, -0.1) is 0 Å². The van der Waals surface area contributed by atoms with Gasteiger partial charge in [-0.1, -0.05) is 162 Å². The van der Waals surface area contributed by atoms with E-state index in [2.05, 4.69) is 249 Å². The van der Waals surface area contributed by atoms with Crippen LogP contribution in [0.2, 0.25) is 0 Å². The molecule has 0 fully saturated rings. The summed E-state index contributed by atoms with van der Waals surface area (Å²) in [5, 5.41) is 2.33. The highest BCUT2D eigenvalue weighted by atomic mass is 16.5. The number of ether oxygens (including phenoxy) is 1. The Kier molecular flexibility index (Phi) is 11.5. The molecule has 6 aromatic carbocycles. The number of aromatic nitrogens is 2. The molecule has 0 radical (unpaired) electrons. The Hall–Kier alpha value is -6.59. The largest absolute Gasteiger partial charge is 0.457 e. The number of hydrogen-bond donors (Lipinski definition) is 0. The fourth-order valence-electron chi connectivity index (χ4n) is 9.62. The van der Waals surface area contributed by atoms with Crippen LogP contribution in [0.4, 0.5) is 11.4 Å². The van der Waals surface area contributed by atoms with Crippen LogP contribution < -0.4 is 14.5 Å². The van der Waals surface area contributed by atoms with Crippen molar-refractivity contribution in [1.82, 2.24) is 9.55 Å². The Morgan fingerprint density at radius 1 is 0.515 bits per heavy atom. The SMILES string of the molecule is CC(C)c1cccc(C(C)C)c1C1=CN(c2cc(C(C)(C)C)cc(C(C)(C)C)c2)CN1c1cccc(Oc2ccc3c4ccccc4n(-c4cc(C(C)(C)c5ccccc5)ccn4)c3c2)c1. The summed E-state index contributed by atoms with van der Waals surface area (Å²) in [7, 11) is 0. The van der Waals surface area contributed by atoms with Crippen molar-refractivity contribution >= 4 is 38.9 Å². The van der Waals surface area contributed by atoms with Gasteiger partial charge in [0.15, 0.2) is 0 Å². The van der Waals surface area contributed by atoms with Gasteiger partial charge in [-0.05, 0) is 111 Å². The van der Waals surface area contributed by atoms with Crippen LogP contribution in [0.15, 0.2) is 158 Å². The molecule has 0 unspecified atom stereocenters. The van der Waals surface area contributed by atoms with Gasteiger partial charge in [0.25, 0.3) is 0 Å². The van der Waals surface area contributed by atoms with Gasteiger partial charge in [-0.3, -0.25) is 4.57 Å². The van der Waals surface area contributed by atoms with Crippen LogP contribution in [0, 0.1) is 0 Å². The van der Waals surface area contributed by atoms with Crippen molar-refractivity contribution in [3.8, 4) is 17.3 Å². The molecule has 2 aromatic heterocycles. The molecule has 0 saturated carbocycles. The van der Waals surface area contributed by atoms with E-state index in [1.807, 2.05) is 6.20 Å². The summed E-state index contributed by atoms with van der Waals surface area (Å²) >= 11 is 0. The van der Waals surface area contributed by atoms with E-state index in [0.717, 1.165) is 39.4 Å². The minimum atomic E-state index is -0.211. The fourth-order valence-corrected chi connectivity index (χ4v) is 9.62. The Morgan fingerprint density at radius 2 is 1.14 bits per heavy atom. The summed E-state index contributed by atoms with van der Waals surface area (Å²) in [6.45, 7) is 28.4. The molecular weight excluding hydrogens is 805 g/mol. The molecule has 0 amide bonds. The Bertz CT molecular complexity index is 3040. The standard InChI is InChI=1S/C61H66N4O/c1-40(2)50-25-19-26-51(41(3)4)58(50)56-38-63(47-33-44(59(5,6)7)32-45(34-47)60(8,9)10)39-64(56)46-22-18-23-48(36-46)66-49-28-29-53-52-24-16-17-27-54(52)65(55(53)37-49)57-35-43(30-31-62-57)61(11,12)42-20-14-13-15-21-42/h13-38,40-41H,39H2,1-12H3. The van der Waals surface area contributed by atoms with Crippen LogP contribution in [0.3, 0.4) is 0 Å². The molecule has 1 aliphatic rings. The predicted molar refractivity (Wildman–Crippen MR) is 280 cm³/mol. The maximum Gasteiger partial charge on any atom is 0.137 e. The summed E-state index contributed by atoms with van der Waals surface area (Å²) in [6.07, 6.45) is 4.34. The highest BCUT2D eigenvalue weighted by molar-refractivity contribution is 6.09. The van der Waals surface area contributed by atoms with Crippen molar-refractivity contribution in [2.75, 3.05) is 16.5 Å². The quantitative estimate of drug-likeness (QED) is 0.137. The number of benzene rings is 6. The number of pyridine rings is 1. The van der Waals surface area contributed by atoms with E-state index >= 15 is 0 Å². The van der Waals surface area contributed by atoms with Crippen LogP contribution in [-0.2, 0) is 16.2 Å². The molecule has 9 rings (SSSR count). The van der Waals surface area contributed by atoms with Crippen LogP contribution in [0.1, 0.15) is 134 Å². The Labute approximate surface area is 393 Å². The third-order valence-electron chi connectivity index (χ3n) is 13.7. The molecule has 0 atom stereocenters. The molecule has 5 nitrogen and oxygen atoms in total. The normalized spacial score (nSPS) is 13.7. The minimum absolute atomic E-state index is 0.0000983. The van der Waals surface area contributed by atoms with Crippen LogP contribution in [0.5, 0.6) is 11.5 Å². The first-order valence-electron chi connectivity index (χ1n) is 23.8. The van der Waals surface area contributed by atoms with Crippen molar-refractivity contribution in [1.29, 1.82) is 0 Å². The number of nitrogens with zero attached hydrogens (tertiary/aromatic N) is 4. The Morgan fingerprint density at radius 3 is 1.80 bits per heavy atom. The monoisotopic (exact) mass is 871 g/mol. The summed E-state index contributed by atoms with van der Waals surface area (Å²) in [5.41, 5.74) is 14.6. The maximum atomic E-state index is 6.90. The molecule has 3 heterocycles. The van der Waals surface area contributed by atoms with Crippen molar-refractivity contribution in [3.63, 3.8) is 0 Å². The summed E-state index contributed by atoms with van der Waals surface area (Å²) < 4.78 is 9.18. The van der Waals surface area contributed by atoms with Crippen molar-refractivity contribution < 1.29 is 4.74 Å². The number of fused-ring (bicyclic) bond motifs is 3. The zero-order valence-corrected chi connectivity index (χ0v) is 41.1. The minimum Gasteiger partial charge on any atom is -0.457 e. The second-order valence-corrected chi connectivity index (χ2v) is 21.5. The van der Waals surface area contributed by atoms with Crippen LogP contribution in [0.25, 0.3) is 33.3 Å². The molecule has 0 spiro atoms. The molecule has 1 aliphatic heterocycles. The number of anilines is 2. The lowest BCUT2D eigenvalue weighted by Crippen LogP contribution is -2.27. The third kappa shape index (κ3) is 8.41. The van der Waals surface area contributed by atoms with Gasteiger partial charge in [-0.2, -0.15) is 0 Å². The van der Waals surface area contributed by atoms with Crippen molar-refractivity contribution in [3.05, 3.63) is 197 Å². The van der Waals surface area contributed by atoms with E-state index in [1.165, 1.54) is 55.7 Å². The van der Waals surface area contributed by atoms with E-state index in [9.17, 15) is 0 Å². The third-order valence-corrected chi connectivity index (χ3v) is 13.7. The Balaban J connectivity index is 1.13. The topological polar surface area (TPSA) is 33.5 Å². The van der Waals surface area contributed by atoms with Crippen molar-refractivity contribution in [2.45, 2.75) is 111 Å². The van der Waals surface area contributed by atoms with E-state index in [-0.39, 0.29) is 16.2 Å². The van der Waals surface area contributed by atoms with Gasteiger partial charge in [0.2, 0.25) is 0 Å². The average molecular weight is 871 g/mol. The highest BCUT2D eigenvalue weighted by Crippen LogP contribution is 2.44. The summed E-state index contributed by atoms with van der Waals surface area (Å²) in [6, 6.07) is 52.9. The first kappa shape index (κ1) is 44.6. The number of para-hydroxylation sites is 1. The lowest BCUT2D eigenvalue weighted by atomic mass is 9.78. The molecule has 8 aromatic rings. The smallest absolute Gasteiger partial charge is 0.137 e. The summed E-state index contributed by atoms with van der Waals surface area (Å²) in [5.74, 6) is 3.12. The first-order valence-corrected chi connectivity index (χ1v) is 23.8. The lowest BCUT2D eigenvalue weighted by molar-refractivity contribution is 0.483. The van der Waals surface area contributed by atoms with Gasteiger partial charge in [0, 0.05) is 57.7 Å². The molecule has 336 valence electrons. The molecule has 0 bridgehead atoms. The van der Waals surface area contributed by atoms with E-state index in [0.29, 0.717) is 18.5 Å². The molecular formula is C61H66N4O. The first-order chi connectivity index (χ1) is 31.4. The zero-order chi connectivity index (χ0) is 46.7. The van der Waals surface area contributed by atoms with Gasteiger partial charge in [-0.25, -0.2) is 4.98 Å². The van der Waals surface area contributed by atoms with Crippen LogP contribution in [-0.4, -0.2) is 16.2 Å². The van der Waals surface area contributed by atoms with E-state index < -0.39 is 0 Å². The molecule has 0 N–H and O–H groups in total. The van der Waals surface area contributed by atoms with E-state index in [4.69, 9.17) is 9.72 Å². The lowest BCUT2D eigenvalue weighted by Gasteiger charge is -2.30. The van der Waals surface area contributed by atoms with Gasteiger partial charge in [0.05, 0.1) is 23.4 Å². The van der Waals surface area contributed by atoms with Gasteiger partial charge >= 0.3 is 0 Å². The number of rotatable bonds is 10. The van der Waals surface area contributed by atoms with Crippen molar-refractivity contribution in [2.24, 2.45) is 0 Å². The second kappa shape index (κ2) is 17.0. The maximum absolute atomic E-state index is 6.90. The predicted octanol–water partition coefficient (Wildman–Crippen LogP) is 16.4. The molecule has 5 heteroatoms.